The standard InChI is InChI=1S/C27H35FN4O6/c1-14(33)29-22-20-17(32(15-6-7-15)11-16(21(20)34)23(35)36)10-19(26(22,5)28)31-12-18(27(13-31)8-9-27)30-24(37)38-25(2,3)4/h10-11,15,18,22H,6-9,12-13H2,1-5H3,(H,29,33)(H,30,37)(H,35,36)/t18-,22?,26?/m1/s1. The summed E-state index contributed by atoms with van der Waals surface area (Å²) in [5.74, 6) is -1.93. The second-order valence-electron chi connectivity index (χ2n) is 12.3. The average Bonchev–Trinajstić information content (AvgIpc) is 3.68. The number of hydrogen-bond acceptors (Lipinski definition) is 6. The number of carboxylic acid groups (broad SMARTS) is 1. The van der Waals surface area contributed by atoms with Gasteiger partial charge in [0.25, 0.3) is 0 Å². The third-order valence-electron chi connectivity index (χ3n) is 8.01. The number of carboxylic acids is 1. The normalized spacial score (nSPS) is 27.4. The lowest BCUT2D eigenvalue weighted by Gasteiger charge is -2.41. The molecule has 4 aliphatic rings. The van der Waals surface area contributed by atoms with Gasteiger partial charge in [0, 0.05) is 37.7 Å². The molecule has 1 aromatic rings. The summed E-state index contributed by atoms with van der Waals surface area (Å²) in [4.78, 5) is 51.9. The van der Waals surface area contributed by atoms with E-state index in [1.165, 1.54) is 20.0 Å². The monoisotopic (exact) mass is 530 g/mol. The number of nitrogens with zero attached hydrogens (tertiary/aromatic N) is 2. The number of fused-ring (bicyclic) bond motifs is 1. The maximum atomic E-state index is 16.9. The number of amides is 2. The van der Waals surface area contributed by atoms with Crippen molar-refractivity contribution in [3.05, 3.63) is 38.9 Å². The first-order valence-electron chi connectivity index (χ1n) is 13.1. The van der Waals surface area contributed by atoms with Gasteiger partial charge in [-0.05, 0) is 59.5 Å². The molecule has 38 heavy (non-hydrogen) atoms. The van der Waals surface area contributed by atoms with Gasteiger partial charge in [0.1, 0.15) is 11.2 Å². The average molecular weight is 531 g/mol. The molecule has 0 radical (unpaired) electrons. The molecule has 2 heterocycles. The largest absolute Gasteiger partial charge is 0.477 e. The Balaban J connectivity index is 1.58. The van der Waals surface area contributed by atoms with Crippen molar-refractivity contribution < 1.29 is 28.6 Å². The van der Waals surface area contributed by atoms with Crippen LogP contribution in [-0.2, 0) is 9.53 Å². The molecule has 2 saturated carbocycles. The highest BCUT2D eigenvalue weighted by atomic mass is 19.1. The fourth-order valence-electron chi connectivity index (χ4n) is 5.88. The van der Waals surface area contributed by atoms with Crippen LogP contribution in [0.3, 0.4) is 0 Å². The van der Waals surface area contributed by atoms with Crippen LogP contribution in [0.1, 0.15) is 94.0 Å². The van der Waals surface area contributed by atoms with Gasteiger partial charge in [-0.2, -0.15) is 0 Å². The minimum absolute atomic E-state index is 0.00293. The van der Waals surface area contributed by atoms with Crippen molar-refractivity contribution >= 4 is 24.0 Å². The Hall–Kier alpha value is -3.37. The minimum Gasteiger partial charge on any atom is -0.477 e. The summed E-state index contributed by atoms with van der Waals surface area (Å²) in [7, 11) is 0. The van der Waals surface area contributed by atoms with Crippen molar-refractivity contribution in [2.45, 2.75) is 89.7 Å². The number of rotatable bonds is 5. The van der Waals surface area contributed by atoms with Gasteiger partial charge >= 0.3 is 12.1 Å². The SMILES string of the molecule is CC(=O)NC1c2c(n(C3CC3)cc(C(=O)O)c2=O)C=C(N2C[C@@H](NC(=O)OC(C)(C)C)C3(CC3)C2)C1(C)F. The Morgan fingerprint density at radius 2 is 1.84 bits per heavy atom. The summed E-state index contributed by atoms with van der Waals surface area (Å²) in [5.41, 5.74) is -3.66. The second kappa shape index (κ2) is 8.57. The van der Waals surface area contributed by atoms with E-state index in [1.807, 2.05) is 4.90 Å². The summed E-state index contributed by atoms with van der Waals surface area (Å²) < 4.78 is 24.1. The molecule has 1 saturated heterocycles. The van der Waals surface area contributed by atoms with Crippen molar-refractivity contribution in [3.8, 4) is 0 Å². The van der Waals surface area contributed by atoms with Crippen LogP contribution in [0.25, 0.3) is 6.08 Å². The third-order valence-corrected chi connectivity index (χ3v) is 8.01. The number of aromatic carboxylic acids is 1. The number of ether oxygens (including phenoxy) is 1. The van der Waals surface area contributed by atoms with E-state index in [4.69, 9.17) is 4.74 Å². The Morgan fingerprint density at radius 1 is 1.18 bits per heavy atom. The van der Waals surface area contributed by atoms with Crippen LogP contribution in [-0.4, -0.2) is 62.9 Å². The first-order chi connectivity index (χ1) is 17.6. The highest BCUT2D eigenvalue weighted by Crippen LogP contribution is 2.56. The highest BCUT2D eigenvalue weighted by molar-refractivity contribution is 5.88. The van der Waals surface area contributed by atoms with Crippen LogP contribution < -0.4 is 16.1 Å². The Morgan fingerprint density at radius 3 is 2.37 bits per heavy atom. The number of carbonyl (C=O) groups excluding carboxylic acids is 2. The number of carbonyl (C=O) groups is 3. The smallest absolute Gasteiger partial charge is 0.407 e. The van der Waals surface area contributed by atoms with Gasteiger partial charge < -0.3 is 29.9 Å². The topological polar surface area (TPSA) is 130 Å². The van der Waals surface area contributed by atoms with Crippen molar-refractivity contribution in [2.24, 2.45) is 5.41 Å². The van der Waals surface area contributed by atoms with Crippen LogP contribution >= 0.6 is 0 Å². The Labute approximate surface area is 220 Å². The van der Waals surface area contributed by atoms with Crippen LogP contribution in [0.2, 0.25) is 0 Å². The summed E-state index contributed by atoms with van der Waals surface area (Å²) in [6.07, 6.45) is 5.81. The molecule has 206 valence electrons. The van der Waals surface area contributed by atoms with Crippen LogP contribution in [0.4, 0.5) is 9.18 Å². The lowest BCUT2D eigenvalue weighted by Crippen LogP contribution is -2.51. The number of likely N-dealkylation sites (tertiary alicyclic amines) is 1. The molecule has 1 aromatic heterocycles. The number of halogens is 1. The van der Waals surface area contributed by atoms with E-state index in [0.717, 1.165) is 25.7 Å². The van der Waals surface area contributed by atoms with Crippen molar-refractivity contribution in [3.63, 3.8) is 0 Å². The Kier molecular flexibility index (Phi) is 5.92. The lowest BCUT2D eigenvalue weighted by molar-refractivity contribution is -0.120. The first-order valence-corrected chi connectivity index (χ1v) is 13.1. The lowest BCUT2D eigenvalue weighted by atomic mass is 9.81. The van der Waals surface area contributed by atoms with Gasteiger partial charge in [0.15, 0.2) is 5.67 Å². The summed E-state index contributed by atoms with van der Waals surface area (Å²) >= 11 is 0. The summed E-state index contributed by atoms with van der Waals surface area (Å²) in [6.45, 7) is 8.76. The maximum absolute atomic E-state index is 16.9. The number of alkyl carbamates (subject to hydrolysis) is 1. The van der Waals surface area contributed by atoms with E-state index in [9.17, 15) is 24.3 Å². The molecule has 2 amide bonds. The number of aromatic nitrogens is 1. The van der Waals surface area contributed by atoms with E-state index in [1.54, 1.807) is 31.4 Å². The van der Waals surface area contributed by atoms with Gasteiger partial charge in [-0.15, -0.1) is 0 Å². The molecule has 3 fully saturated rings. The second-order valence-corrected chi connectivity index (χ2v) is 12.3. The van der Waals surface area contributed by atoms with E-state index in [-0.39, 0.29) is 23.1 Å². The zero-order chi connectivity index (χ0) is 27.8. The van der Waals surface area contributed by atoms with Gasteiger partial charge in [-0.1, -0.05) is 0 Å². The molecule has 10 nitrogen and oxygen atoms in total. The predicted octanol–water partition coefficient (Wildman–Crippen LogP) is 3.13. The highest BCUT2D eigenvalue weighted by Gasteiger charge is 2.59. The molecule has 3 atom stereocenters. The fourth-order valence-corrected chi connectivity index (χ4v) is 5.88. The molecule has 2 unspecified atom stereocenters. The molecular formula is C27H35FN4O6. The number of pyridine rings is 1. The quantitative estimate of drug-likeness (QED) is 0.533. The minimum atomic E-state index is -2.22. The zero-order valence-corrected chi connectivity index (χ0v) is 22.4. The molecule has 0 aromatic carbocycles. The molecular weight excluding hydrogens is 495 g/mol. The van der Waals surface area contributed by atoms with Crippen LogP contribution in [0.5, 0.6) is 0 Å². The number of nitrogens with one attached hydrogen (secondary N) is 2. The number of hydrogen-bond donors (Lipinski definition) is 3. The van der Waals surface area contributed by atoms with Crippen LogP contribution in [0.15, 0.2) is 16.7 Å². The van der Waals surface area contributed by atoms with E-state index in [0.29, 0.717) is 24.5 Å². The summed E-state index contributed by atoms with van der Waals surface area (Å²) in [5, 5.41) is 15.3. The Bertz CT molecular complexity index is 1300. The zero-order valence-electron chi connectivity index (χ0n) is 22.4. The van der Waals surface area contributed by atoms with Crippen molar-refractivity contribution in [1.29, 1.82) is 0 Å². The number of alkyl halides is 1. The summed E-state index contributed by atoms with van der Waals surface area (Å²) in [6, 6.07) is -1.63. The van der Waals surface area contributed by atoms with Gasteiger partial charge in [0.05, 0.1) is 29.0 Å². The third kappa shape index (κ3) is 4.56. The van der Waals surface area contributed by atoms with Gasteiger partial charge in [-0.25, -0.2) is 14.0 Å². The molecule has 0 bridgehead atoms. The van der Waals surface area contributed by atoms with E-state index in [2.05, 4.69) is 10.6 Å². The fraction of sp³-hybridized carbons (Fsp3) is 0.630. The van der Waals surface area contributed by atoms with E-state index < -0.39 is 46.3 Å². The maximum Gasteiger partial charge on any atom is 0.407 e. The molecule has 1 spiro atoms. The van der Waals surface area contributed by atoms with Crippen molar-refractivity contribution in [2.75, 3.05) is 13.1 Å². The molecule has 11 heteroatoms. The molecule has 1 aliphatic heterocycles. The van der Waals surface area contributed by atoms with Gasteiger partial charge in [-0.3, -0.25) is 9.59 Å². The van der Waals surface area contributed by atoms with Crippen molar-refractivity contribution in [1.82, 2.24) is 20.1 Å². The molecule has 3 N–H and O–H groups in total. The molecule has 5 rings (SSSR count). The first kappa shape index (κ1) is 26.2. The predicted molar refractivity (Wildman–Crippen MR) is 136 cm³/mol. The van der Waals surface area contributed by atoms with E-state index >= 15 is 4.39 Å². The van der Waals surface area contributed by atoms with Crippen LogP contribution in [0, 0.1) is 5.41 Å². The van der Waals surface area contributed by atoms with Gasteiger partial charge in [0.2, 0.25) is 11.3 Å². The molecule has 3 aliphatic carbocycles.